The predicted molar refractivity (Wildman–Crippen MR) is 101 cm³/mol. The number of anilines is 1. The number of quaternary nitrogens is 2. The minimum absolute atomic E-state index is 0.453. The first-order valence-corrected chi connectivity index (χ1v) is 9.53. The fourth-order valence-electron chi connectivity index (χ4n) is 3.38. The van der Waals surface area contributed by atoms with Gasteiger partial charge in [-0.15, -0.1) is 0 Å². The molecule has 0 spiro atoms. The molecule has 3 rings (SSSR count). The molecule has 4 N–H and O–H groups in total. The Hall–Kier alpha value is -2.58. The van der Waals surface area contributed by atoms with Gasteiger partial charge in [0, 0.05) is 6.21 Å². The first kappa shape index (κ1) is 19.2. The number of carbonyl (C=O) groups excluding carboxylic acids is 3. The molecule has 4 amide bonds. The molecule has 2 aliphatic rings. The van der Waals surface area contributed by atoms with E-state index in [1.54, 1.807) is 12.1 Å². The maximum absolute atomic E-state index is 12.7. The van der Waals surface area contributed by atoms with Gasteiger partial charge in [-0.25, -0.2) is 9.69 Å². The normalized spacial score (nSPS) is 21.7. The Kier molecular flexibility index (Phi) is 6.31. The number of hydrogen-bond acceptors (Lipinski definition) is 4. The van der Waals surface area contributed by atoms with Crippen molar-refractivity contribution in [2.45, 2.75) is 13.3 Å². The van der Waals surface area contributed by atoms with Crippen LogP contribution in [0.4, 0.5) is 10.5 Å². The summed E-state index contributed by atoms with van der Waals surface area (Å²) in [6.07, 6.45) is 2.25. The van der Waals surface area contributed by atoms with Crippen molar-refractivity contribution in [3.63, 3.8) is 0 Å². The second-order valence-electron chi connectivity index (χ2n) is 6.89. The number of barbiturate groups is 1. The minimum Gasteiger partial charge on any atom is -0.337 e. The van der Waals surface area contributed by atoms with Gasteiger partial charge in [-0.2, -0.15) is 0 Å². The molecule has 0 unspecified atom stereocenters. The van der Waals surface area contributed by atoms with Crippen LogP contribution in [-0.4, -0.2) is 63.3 Å². The van der Waals surface area contributed by atoms with Gasteiger partial charge in [0.25, 0.3) is 5.91 Å². The Morgan fingerprint density at radius 1 is 1.22 bits per heavy atom. The molecule has 1 aromatic rings. The van der Waals surface area contributed by atoms with Gasteiger partial charge < -0.3 is 10.2 Å². The fraction of sp³-hybridized carbons (Fsp3) is 0.474. The Morgan fingerprint density at radius 3 is 2.59 bits per heavy atom. The average Bonchev–Trinajstić information content (AvgIpc) is 2.68. The molecule has 2 aliphatic heterocycles. The number of nitrogens with zero attached hydrogens (tertiary/aromatic N) is 2. The Morgan fingerprint density at radius 2 is 1.93 bits per heavy atom. The van der Waals surface area contributed by atoms with E-state index in [1.165, 1.54) is 11.1 Å². The molecule has 2 heterocycles. The molecule has 144 valence electrons. The highest BCUT2D eigenvalue weighted by molar-refractivity contribution is 6.32. The van der Waals surface area contributed by atoms with Gasteiger partial charge in [0.05, 0.1) is 18.8 Å². The summed E-state index contributed by atoms with van der Waals surface area (Å²) in [5.74, 6) is -2.25. The average molecular weight is 373 g/mol. The highest BCUT2D eigenvalue weighted by Gasteiger charge is 2.40. The second-order valence-corrected chi connectivity index (χ2v) is 6.89. The lowest BCUT2D eigenvalue weighted by Crippen LogP contribution is -3.20. The number of hydrogen-bond donors (Lipinski definition) is 3. The summed E-state index contributed by atoms with van der Waals surface area (Å²) in [6, 6.07) is 6.46. The zero-order chi connectivity index (χ0) is 19.2. The van der Waals surface area contributed by atoms with Gasteiger partial charge in [-0.05, 0) is 24.1 Å². The molecule has 0 radical (unpaired) electrons. The van der Waals surface area contributed by atoms with Crippen molar-refractivity contribution in [3.05, 3.63) is 29.8 Å². The molecule has 8 heteroatoms. The molecule has 0 aromatic heterocycles. The third-order valence-corrected chi connectivity index (χ3v) is 5.06. The fourth-order valence-corrected chi connectivity index (χ4v) is 3.38. The number of piperazine rings is 1. The molecular formula is C19H27N5O3+2. The van der Waals surface area contributed by atoms with Gasteiger partial charge in [0.15, 0.2) is 5.92 Å². The van der Waals surface area contributed by atoms with E-state index in [0.717, 1.165) is 49.6 Å². The van der Waals surface area contributed by atoms with E-state index in [2.05, 4.69) is 15.6 Å². The Balaban J connectivity index is 1.65. The van der Waals surface area contributed by atoms with E-state index in [4.69, 9.17) is 0 Å². The van der Waals surface area contributed by atoms with Crippen molar-refractivity contribution in [1.29, 1.82) is 0 Å². The van der Waals surface area contributed by atoms with E-state index >= 15 is 0 Å². The van der Waals surface area contributed by atoms with Gasteiger partial charge in [0.2, 0.25) is 5.91 Å². The van der Waals surface area contributed by atoms with Gasteiger partial charge in [0.1, 0.15) is 26.2 Å². The number of carbonyl (C=O) groups is 3. The number of imide groups is 2. The SMILES string of the molecule is CCc1ccc(N2C(=O)NC(=O)[C@H](C=NCC[NH+]3CC[NH2+]CC3)C2=O)cc1. The first-order chi connectivity index (χ1) is 13.1. The van der Waals surface area contributed by atoms with Crippen LogP contribution < -0.4 is 20.4 Å². The smallest absolute Gasteiger partial charge is 0.335 e. The van der Waals surface area contributed by atoms with Crippen molar-refractivity contribution < 1.29 is 24.6 Å². The molecule has 1 aromatic carbocycles. The lowest BCUT2D eigenvalue weighted by molar-refractivity contribution is -0.945. The third kappa shape index (κ3) is 4.58. The summed E-state index contributed by atoms with van der Waals surface area (Å²) in [4.78, 5) is 43.8. The summed E-state index contributed by atoms with van der Waals surface area (Å²) < 4.78 is 0. The zero-order valence-corrected chi connectivity index (χ0v) is 15.6. The number of benzene rings is 1. The molecular weight excluding hydrogens is 346 g/mol. The van der Waals surface area contributed by atoms with E-state index in [-0.39, 0.29) is 0 Å². The number of aryl methyl sites for hydroxylation is 1. The lowest BCUT2D eigenvalue weighted by Gasteiger charge is -2.28. The van der Waals surface area contributed by atoms with Gasteiger partial charge >= 0.3 is 6.03 Å². The van der Waals surface area contributed by atoms with Crippen LogP contribution in [0.3, 0.4) is 0 Å². The lowest BCUT2D eigenvalue weighted by atomic mass is 10.1. The largest absolute Gasteiger partial charge is 0.337 e. The van der Waals surface area contributed by atoms with Crippen LogP contribution in [0.25, 0.3) is 0 Å². The first-order valence-electron chi connectivity index (χ1n) is 9.53. The number of nitrogens with one attached hydrogen (secondary N) is 2. The third-order valence-electron chi connectivity index (χ3n) is 5.06. The van der Waals surface area contributed by atoms with Crippen LogP contribution in [0.2, 0.25) is 0 Å². The number of urea groups is 1. The predicted octanol–water partition coefficient (Wildman–Crippen LogP) is -2.02. The quantitative estimate of drug-likeness (QED) is 0.396. The maximum atomic E-state index is 12.7. The summed E-state index contributed by atoms with van der Waals surface area (Å²) in [5, 5.41) is 4.56. The van der Waals surface area contributed by atoms with E-state index in [0.29, 0.717) is 12.2 Å². The van der Waals surface area contributed by atoms with Crippen molar-refractivity contribution in [3.8, 4) is 0 Å². The number of amides is 4. The molecule has 2 fully saturated rings. The Labute approximate surface area is 158 Å². The highest BCUT2D eigenvalue weighted by atomic mass is 16.2. The van der Waals surface area contributed by atoms with Crippen molar-refractivity contribution in [2.75, 3.05) is 44.2 Å². The summed E-state index contributed by atoms with van der Waals surface area (Å²) >= 11 is 0. The van der Waals surface area contributed by atoms with Gasteiger partial charge in [-0.3, -0.25) is 19.9 Å². The summed E-state index contributed by atoms with van der Waals surface area (Å²) in [6.45, 7) is 7.93. The zero-order valence-electron chi connectivity index (χ0n) is 15.6. The van der Waals surface area contributed by atoms with Crippen molar-refractivity contribution in [1.82, 2.24) is 5.32 Å². The molecule has 2 saturated heterocycles. The summed E-state index contributed by atoms with van der Waals surface area (Å²) in [5.41, 5.74) is 1.56. The van der Waals surface area contributed by atoms with Crippen molar-refractivity contribution in [2.24, 2.45) is 10.9 Å². The number of aliphatic imine (C=N–C) groups is 1. The standard InChI is InChI=1S/C19H25N5O3/c1-2-14-3-5-15(6-4-14)24-18(26)16(17(25)22-19(24)27)13-21-9-12-23-10-7-20-8-11-23/h3-6,13,16,20H,2,7-12H2,1H3,(H,22,25,27)/p+2/t16-/m0/s1. The molecule has 1 atom stereocenters. The number of nitrogens with two attached hydrogens (primary N) is 1. The van der Waals surface area contributed by atoms with Crippen LogP contribution in [-0.2, 0) is 16.0 Å². The van der Waals surface area contributed by atoms with Crippen LogP contribution in [0.15, 0.2) is 29.3 Å². The second kappa shape index (κ2) is 8.88. The van der Waals surface area contributed by atoms with E-state index < -0.39 is 23.8 Å². The highest BCUT2D eigenvalue weighted by Crippen LogP contribution is 2.21. The summed E-state index contributed by atoms with van der Waals surface area (Å²) in [7, 11) is 0. The van der Waals surface area contributed by atoms with Crippen LogP contribution >= 0.6 is 0 Å². The number of rotatable bonds is 6. The molecule has 0 aliphatic carbocycles. The molecule has 0 bridgehead atoms. The van der Waals surface area contributed by atoms with Gasteiger partial charge in [-0.1, -0.05) is 19.1 Å². The molecule has 8 nitrogen and oxygen atoms in total. The van der Waals surface area contributed by atoms with E-state index in [1.807, 2.05) is 19.1 Å². The minimum atomic E-state index is -1.07. The van der Waals surface area contributed by atoms with Crippen LogP contribution in [0.1, 0.15) is 12.5 Å². The van der Waals surface area contributed by atoms with E-state index in [9.17, 15) is 14.4 Å². The van der Waals surface area contributed by atoms with Crippen molar-refractivity contribution >= 4 is 29.7 Å². The Bertz CT molecular complexity index is 725. The topological polar surface area (TPSA) is 99.9 Å². The van der Waals surface area contributed by atoms with Crippen LogP contribution in [0.5, 0.6) is 0 Å². The molecule has 0 saturated carbocycles. The monoisotopic (exact) mass is 373 g/mol. The maximum Gasteiger partial charge on any atom is 0.335 e. The molecule has 27 heavy (non-hydrogen) atoms. The van der Waals surface area contributed by atoms with Crippen LogP contribution in [0, 0.1) is 5.92 Å².